The smallest absolute Gasteiger partial charge is 0.317 e. The van der Waals surface area contributed by atoms with Crippen LogP contribution in [0.15, 0.2) is 0 Å². The Hall–Kier alpha value is -0.770. The van der Waals surface area contributed by atoms with Crippen LogP contribution in [0.1, 0.15) is 39.5 Å². The second kappa shape index (κ2) is 7.54. The van der Waals surface area contributed by atoms with Crippen LogP contribution in [-0.2, 0) is 0 Å². The van der Waals surface area contributed by atoms with Crippen molar-refractivity contribution in [3.05, 3.63) is 0 Å². The lowest BCUT2D eigenvalue weighted by Crippen LogP contribution is -2.38. The van der Waals surface area contributed by atoms with E-state index in [2.05, 4.69) is 31.1 Å². The minimum Gasteiger partial charge on any atom is -0.338 e. The van der Waals surface area contributed by atoms with Crippen molar-refractivity contribution >= 4 is 6.03 Å². The summed E-state index contributed by atoms with van der Waals surface area (Å²) in [6.07, 6.45) is 4.53. The molecule has 4 nitrogen and oxygen atoms in total. The van der Waals surface area contributed by atoms with Crippen molar-refractivity contribution in [3.63, 3.8) is 0 Å². The molecule has 4 heteroatoms. The summed E-state index contributed by atoms with van der Waals surface area (Å²) in [5, 5.41) is 3.00. The van der Waals surface area contributed by atoms with Crippen LogP contribution in [0.25, 0.3) is 0 Å². The zero-order chi connectivity index (χ0) is 12.7. The van der Waals surface area contributed by atoms with E-state index in [0.29, 0.717) is 6.04 Å². The van der Waals surface area contributed by atoms with Gasteiger partial charge in [0, 0.05) is 25.7 Å². The number of unbranched alkanes of at least 4 members (excludes halogenated alkanes) is 1. The fourth-order valence-corrected chi connectivity index (χ4v) is 1.97. The van der Waals surface area contributed by atoms with E-state index in [4.69, 9.17) is 0 Å². The molecule has 1 rings (SSSR count). The molecule has 0 atom stereocenters. The Morgan fingerprint density at radius 3 is 2.53 bits per heavy atom. The highest BCUT2D eigenvalue weighted by Gasteiger charge is 2.16. The SMILES string of the molecule is CC(C)N(C)CCCCNC(=O)N1CCCC1. The second-order valence-electron chi connectivity index (χ2n) is 5.21. The number of hydrogen-bond donors (Lipinski definition) is 1. The van der Waals surface area contributed by atoms with Crippen molar-refractivity contribution in [3.8, 4) is 0 Å². The third kappa shape index (κ3) is 5.39. The van der Waals surface area contributed by atoms with Crippen LogP contribution in [0, 0.1) is 0 Å². The van der Waals surface area contributed by atoms with E-state index in [0.717, 1.165) is 51.9 Å². The summed E-state index contributed by atoms with van der Waals surface area (Å²) in [4.78, 5) is 15.9. The van der Waals surface area contributed by atoms with Crippen LogP contribution in [0.2, 0.25) is 0 Å². The molecule has 17 heavy (non-hydrogen) atoms. The summed E-state index contributed by atoms with van der Waals surface area (Å²) in [5.74, 6) is 0. The fraction of sp³-hybridized carbons (Fsp3) is 0.923. The molecule has 1 heterocycles. The summed E-state index contributed by atoms with van der Waals surface area (Å²) >= 11 is 0. The Kier molecular flexibility index (Phi) is 6.34. The van der Waals surface area contributed by atoms with Gasteiger partial charge in [0.1, 0.15) is 0 Å². The molecule has 1 aliphatic heterocycles. The van der Waals surface area contributed by atoms with Crippen molar-refractivity contribution in [2.45, 2.75) is 45.6 Å². The molecule has 0 saturated carbocycles. The van der Waals surface area contributed by atoms with Crippen molar-refractivity contribution in [2.75, 3.05) is 33.2 Å². The number of nitrogens with zero attached hydrogens (tertiary/aromatic N) is 2. The van der Waals surface area contributed by atoms with Crippen LogP contribution in [0.4, 0.5) is 4.79 Å². The molecule has 0 radical (unpaired) electrons. The number of amides is 2. The Balaban J connectivity index is 1.98. The van der Waals surface area contributed by atoms with Gasteiger partial charge in [0.25, 0.3) is 0 Å². The van der Waals surface area contributed by atoms with E-state index in [1.165, 1.54) is 0 Å². The first-order valence-corrected chi connectivity index (χ1v) is 6.84. The molecule has 1 saturated heterocycles. The van der Waals surface area contributed by atoms with Gasteiger partial charge in [0.2, 0.25) is 0 Å². The largest absolute Gasteiger partial charge is 0.338 e. The molecule has 0 aromatic rings. The third-order valence-corrected chi connectivity index (χ3v) is 3.49. The average molecular weight is 241 g/mol. The van der Waals surface area contributed by atoms with Crippen molar-refractivity contribution in [2.24, 2.45) is 0 Å². The average Bonchev–Trinajstić information content (AvgIpc) is 2.81. The lowest BCUT2D eigenvalue weighted by atomic mass is 10.2. The minimum atomic E-state index is 0.125. The molecule has 0 spiro atoms. The molecular weight excluding hydrogens is 214 g/mol. The van der Waals surface area contributed by atoms with Crippen LogP contribution in [0.3, 0.4) is 0 Å². The summed E-state index contributed by atoms with van der Waals surface area (Å²) in [6.45, 7) is 8.19. The number of rotatable bonds is 6. The predicted octanol–water partition coefficient (Wildman–Crippen LogP) is 1.91. The van der Waals surface area contributed by atoms with Gasteiger partial charge in [-0.2, -0.15) is 0 Å². The maximum Gasteiger partial charge on any atom is 0.317 e. The standard InChI is InChI=1S/C13H27N3O/c1-12(2)15(3)9-5-4-8-14-13(17)16-10-6-7-11-16/h12H,4-11H2,1-3H3,(H,14,17). The number of nitrogens with one attached hydrogen (secondary N) is 1. The molecule has 100 valence electrons. The Morgan fingerprint density at radius 1 is 1.29 bits per heavy atom. The Morgan fingerprint density at radius 2 is 1.94 bits per heavy atom. The molecule has 2 amide bonds. The van der Waals surface area contributed by atoms with E-state index in [9.17, 15) is 4.79 Å². The van der Waals surface area contributed by atoms with Crippen LogP contribution < -0.4 is 5.32 Å². The van der Waals surface area contributed by atoms with Crippen molar-refractivity contribution in [1.82, 2.24) is 15.1 Å². The normalized spacial score (nSPS) is 15.9. The summed E-state index contributed by atoms with van der Waals surface area (Å²) in [5.41, 5.74) is 0. The maximum absolute atomic E-state index is 11.7. The van der Waals surface area contributed by atoms with Gasteiger partial charge in [0.05, 0.1) is 0 Å². The van der Waals surface area contributed by atoms with Gasteiger partial charge < -0.3 is 15.1 Å². The summed E-state index contributed by atoms with van der Waals surface area (Å²) in [7, 11) is 2.15. The second-order valence-corrected chi connectivity index (χ2v) is 5.21. The van der Waals surface area contributed by atoms with Gasteiger partial charge >= 0.3 is 6.03 Å². The molecular formula is C13H27N3O. The molecule has 0 aromatic carbocycles. The number of likely N-dealkylation sites (tertiary alicyclic amines) is 1. The molecule has 1 fully saturated rings. The molecule has 0 bridgehead atoms. The van der Waals surface area contributed by atoms with Crippen LogP contribution in [-0.4, -0.2) is 55.1 Å². The molecule has 1 aliphatic rings. The zero-order valence-electron chi connectivity index (χ0n) is 11.5. The number of carbonyl (C=O) groups is 1. The van der Waals surface area contributed by atoms with E-state index >= 15 is 0 Å². The highest BCUT2D eigenvalue weighted by Crippen LogP contribution is 2.06. The van der Waals surface area contributed by atoms with E-state index < -0.39 is 0 Å². The minimum absolute atomic E-state index is 0.125. The van der Waals surface area contributed by atoms with Gasteiger partial charge in [-0.15, -0.1) is 0 Å². The van der Waals surface area contributed by atoms with Gasteiger partial charge in [0.15, 0.2) is 0 Å². The van der Waals surface area contributed by atoms with E-state index in [-0.39, 0.29) is 6.03 Å². The predicted molar refractivity (Wildman–Crippen MR) is 71.2 cm³/mol. The summed E-state index contributed by atoms with van der Waals surface area (Å²) in [6, 6.07) is 0.730. The molecule has 0 aliphatic carbocycles. The molecule has 0 unspecified atom stereocenters. The number of carbonyl (C=O) groups excluding carboxylic acids is 1. The van der Waals surface area contributed by atoms with Gasteiger partial charge in [-0.3, -0.25) is 0 Å². The van der Waals surface area contributed by atoms with Crippen LogP contribution >= 0.6 is 0 Å². The highest BCUT2D eigenvalue weighted by atomic mass is 16.2. The maximum atomic E-state index is 11.7. The summed E-state index contributed by atoms with van der Waals surface area (Å²) < 4.78 is 0. The number of urea groups is 1. The zero-order valence-corrected chi connectivity index (χ0v) is 11.5. The first-order chi connectivity index (χ1) is 8.11. The Labute approximate surface area is 105 Å². The quantitative estimate of drug-likeness (QED) is 0.721. The van der Waals surface area contributed by atoms with Crippen LogP contribution in [0.5, 0.6) is 0 Å². The first kappa shape index (κ1) is 14.3. The monoisotopic (exact) mass is 241 g/mol. The molecule has 1 N–H and O–H groups in total. The van der Waals surface area contributed by atoms with Gasteiger partial charge in [-0.1, -0.05) is 0 Å². The Bertz CT molecular complexity index is 225. The van der Waals surface area contributed by atoms with E-state index in [1.807, 2.05) is 4.90 Å². The van der Waals surface area contributed by atoms with Crippen molar-refractivity contribution < 1.29 is 4.79 Å². The molecule has 0 aromatic heterocycles. The fourth-order valence-electron chi connectivity index (χ4n) is 1.97. The van der Waals surface area contributed by atoms with Gasteiger partial charge in [-0.25, -0.2) is 4.79 Å². The highest BCUT2D eigenvalue weighted by molar-refractivity contribution is 5.74. The van der Waals surface area contributed by atoms with Crippen molar-refractivity contribution in [1.29, 1.82) is 0 Å². The lowest BCUT2D eigenvalue weighted by molar-refractivity contribution is 0.208. The first-order valence-electron chi connectivity index (χ1n) is 6.84. The topological polar surface area (TPSA) is 35.6 Å². The van der Waals surface area contributed by atoms with E-state index in [1.54, 1.807) is 0 Å². The number of hydrogen-bond acceptors (Lipinski definition) is 2. The van der Waals surface area contributed by atoms with Gasteiger partial charge in [-0.05, 0) is 53.1 Å². The lowest BCUT2D eigenvalue weighted by Gasteiger charge is -2.21. The third-order valence-electron chi connectivity index (χ3n) is 3.49.